The molecule has 2 heterocycles. The SMILES string of the molecule is CN(C)CCCOc1ccc(CN2CCC(C(O)N3CCN(Cc4ccc(C(=O)NCC(C5=CC=CCC5)c5ccccc5)cc4)CC3)CC2)cc1. The average molecular weight is 706 g/mol. The summed E-state index contributed by atoms with van der Waals surface area (Å²) in [4.78, 5) is 22.6. The Morgan fingerprint density at radius 1 is 0.865 bits per heavy atom. The minimum atomic E-state index is -0.376. The number of carbonyl (C=O) groups is 1. The van der Waals surface area contributed by atoms with Gasteiger partial charge in [-0.3, -0.25) is 19.5 Å². The van der Waals surface area contributed by atoms with Gasteiger partial charge in [-0.15, -0.1) is 0 Å². The van der Waals surface area contributed by atoms with Crippen LogP contribution in [0.2, 0.25) is 0 Å². The van der Waals surface area contributed by atoms with Crippen LogP contribution in [0, 0.1) is 5.92 Å². The van der Waals surface area contributed by atoms with E-state index in [1.54, 1.807) is 0 Å². The zero-order chi connectivity index (χ0) is 36.1. The van der Waals surface area contributed by atoms with Crippen LogP contribution in [-0.4, -0.2) is 110 Å². The van der Waals surface area contributed by atoms with Gasteiger partial charge in [-0.05, 0) is 100 Å². The van der Waals surface area contributed by atoms with Crippen molar-refractivity contribution >= 4 is 5.91 Å². The van der Waals surface area contributed by atoms with E-state index in [1.165, 1.54) is 22.3 Å². The van der Waals surface area contributed by atoms with Gasteiger partial charge >= 0.3 is 0 Å². The smallest absolute Gasteiger partial charge is 0.251 e. The lowest BCUT2D eigenvalue weighted by atomic mass is 9.86. The van der Waals surface area contributed by atoms with Crippen molar-refractivity contribution in [3.8, 4) is 5.75 Å². The van der Waals surface area contributed by atoms with Crippen LogP contribution in [0.3, 0.4) is 0 Å². The number of piperidine rings is 1. The molecule has 2 aliphatic heterocycles. The Balaban J connectivity index is 0.890. The molecule has 3 aromatic rings. The number of nitrogens with zero attached hydrogens (tertiary/aromatic N) is 4. The van der Waals surface area contributed by atoms with E-state index in [2.05, 4.69) is 118 Å². The van der Waals surface area contributed by atoms with Crippen molar-refractivity contribution in [2.75, 3.05) is 73.1 Å². The molecule has 8 nitrogen and oxygen atoms in total. The number of likely N-dealkylation sites (tertiary alicyclic amines) is 1. The molecule has 52 heavy (non-hydrogen) atoms. The standard InChI is InChI=1S/C44H59N5O3/c1-46(2)24-9-31-52-41-20-16-36(17-21-41)33-47-25-22-40(23-26-47)44(51)49-29-27-48(28-30-49)34-35-14-18-39(19-15-35)43(50)45-32-42(37-10-5-3-6-11-37)38-12-7-4-8-13-38/h3-7,10-12,14-21,40,42,44,51H,8-9,13,22-34H2,1-2H3,(H,45,50). The maximum atomic E-state index is 13.2. The summed E-state index contributed by atoms with van der Waals surface area (Å²) >= 11 is 0. The summed E-state index contributed by atoms with van der Waals surface area (Å²) in [6.45, 7) is 9.80. The molecule has 6 rings (SSSR count). The first-order chi connectivity index (χ1) is 25.4. The normalized spacial score (nSPS) is 19.0. The van der Waals surface area contributed by atoms with Crippen LogP contribution >= 0.6 is 0 Å². The highest BCUT2D eigenvalue weighted by Gasteiger charge is 2.31. The molecule has 2 fully saturated rings. The lowest BCUT2D eigenvalue weighted by molar-refractivity contribution is -0.0763. The van der Waals surface area contributed by atoms with E-state index in [9.17, 15) is 9.90 Å². The largest absolute Gasteiger partial charge is 0.494 e. The summed E-state index contributed by atoms with van der Waals surface area (Å²) < 4.78 is 5.90. The molecule has 8 heteroatoms. The Morgan fingerprint density at radius 3 is 2.15 bits per heavy atom. The van der Waals surface area contributed by atoms with E-state index in [4.69, 9.17) is 4.74 Å². The Bertz CT molecular complexity index is 1570. The van der Waals surface area contributed by atoms with Crippen LogP contribution in [0.1, 0.15) is 65.1 Å². The maximum Gasteiger partial charge on any atom is 0.251 e. The first-order valence-corrected chi connectivity index (χ1v) is 19.4. The molecule has 0 spiro atoms. The Labute approximate surface area is 311 Å². The van der Waals surface area contributed by atoms with Crippen LogP contribution in [0.25, 0.3) is 0 Å². The van der Waals surface area contributed by atoms with Crippen LogP contribution in [-0.2, 0) is 13.1 Å². The fourth-order valence-corrected chi connectivity index (χ4v) is 7.79. The van der Waals surface area contributed by atoms with Crippen molar-refractivity contribution in [1.29, 1.82) is 0 Å². The average Bonchev–Trinajstić information content (AvgIpc) is 3.18. The van der Waals surface area contributed by atoms with Gasteiger partial charge in [0.2, 0.25) is 0 Å². The second kappa shape index (κ2) is 19.3. The van der Waals surface area contributed by atoms with Crippen molar-refractivity contribution in [2.45, 2.75) is 57.3 Å². The van der Waals surface area contributed by atoms with Crippen LogP contribution in [0.4, 0.5) is 0 Å². The molecule has 2 saturated heterocycles. The van der Waals surface area contributed by atoms with E-state index in [0.29, 0.717) is 18.0 Å². The van der Waals surface area contributed by atoms with E-state index in [0.717, 1.165) is 103 Å². The molecule has 278 valence electrons. The van der Waals surface area contributed by atoms with E-state index < -0.39 is 0 Å². The highest BCUT2D eigenvalue weighted by atomic mass is 16.5. The molecule has 0 saturated carbocycles. The number of nitrogens with one attached hydrogen (secondary N) is 1. The molecular weight excluding hydrogens is 647 g/mol. The van der Waals surface area contributed by atoms with Crippen molar-refractivity contribution in [1.82, 2.24) is 24.9 Å². The third-order valence-electron chi connectivity index (χ3n) is 11.0. The van der Waals surface area contributed by atoms with Gasteiger partial charge in [-0.2, -0.15) is 0 Å². The summed E-state index contributed by atoms with van der Waals surface area (Å²) in [6, 6.07) is 27.1. The van der Waals surface area contributed by atoms with Gasteiger partial charge in [-0.25, -0.2) is 0 Å². The number of rotatable bonds is 16. The van der Waals surface area contributed by atoms with Crippen LogP contribution < -0.4 is 10.1 Å². The van der Waals surface area contributed by atoms with Gasteiger partial charge in [0.1, 0.15) is 12.0 Å². The first-order valence-electron chi connectivity index (χ1n) is 19.4. The number of piperazine rings is 1. The molecule has 2 atom stereocenters. The van der Waals surface area contributed by atoms with Crippen molar-refractivity contribution in [3.63, 3.8) is 0 Å². The van der Waals surface area contributed by atoms with Gasteiger partial charge in [0, 0.05) is 69.8 Å². The predicted octanol–water partition coefficient (Wildman–Crippen LogP) is 6.16. The number of benzene rings is 3. The molecule has 1 aliphatic carbocycles. The van der Waals surface area contributed by atoms with Crippen LogP contribution in [0.5, 0.6) is 5.75 Å². The molecule has 1 amide bonds. The molecule has 0 radical (unpaired) electrons. The van der Waals surface area contributed by atoms with Crippen molar-refractivity contribution in [2.24, 2.45) is 5.92 Å². The second-order valence-corrected chi connectivity index (χ2v) is 15.1. The molecule has 3 aliphatic rings. The van der Waals surface area contributed by atoms with Gasteiger partial charge < -0.3 is 20.1 Å². The number of allylic oxidation sites excluding steroid dienone is 3. The topological polar surface area (TPSA) is 71.5 Å². The molecule has 0 aromatic heterocycles. The number of hydrogen-bond donors (Lipinski definition) is 2. The highest BCUT2D eigenvalue weighted by Crippen LogP contribution is 2.30. The number of aliphatic hydroxyl groups excluding tert-OH is 1. The van der Waals surface area contributed by atoms with Crippen LogP contribution in [0.15, 0.2) is 103 Å². The number of carbonyl (C=O) groups excluding carboxylic acids is 1. The zero-order valence-corrected chi connectivity index (χ0v) is 31.3. The van der Waals surface area contributed by atoms with E-state index in [-0.39, 0.29) is 18.1 Å². The number of amides is 1. The third kappa shape index (κ3) is 11.1. The third-order valence-corrected chi connectivity index (χ3v) is 11.0. The van der Waals surface area contributed by atoms with Crippen molar-refractivity contribution < 1.29 is 14.6 Å². The summed E-state index contributed by atoms with van der Waals surface area (Å²) in [6.07, 6.45) is 11.3. The second-order valence-electron chi connectivity index (χ2n) is 15.1. The lowest BCUT2D eigenvalue weighted by Gasteiger charge is -2.42. The quantitative estimate of drug-likeness (QED) is 0.173. The first kappa shape index (κ1) is 38.0. The summed E-state index contributed by atoms with van der Waals surface area (Å²) in [5.41, 5.74) is 5.82. The number of aliphatic hydroxyl groups is 1. The molecule has 3 aromatic carbocycles. The number of ether oxygens (including phenoxy) is 1. The van der Waals surface area contributed by atoms with E-state index >= 15 is 0 Å². The monoisotopic (exact) mass is 705 g/mol. The molecular formula is C44H59N5O3. The summed E-state index contributed by atoms with van der Waals surface area (Å²) in [7, 11) is 4.17. The van der Waals surface area contributed by atoms with E-state index in [1.807, 2.05) is 18.2 Å². The number of hydrogen-bond acceptors (Lipinski definition) is 7. The van der Waals surface area contributed by atoms with Gasteiger partial charge in [0.15, 0.2) is 0 Å². The minimum Gasteiger partial charge on any atom is -0.494 e. The Morgan fingerprint density at radius 2 is 1.52 bits per heavy atom. The zero-order valence-electron chi connectivity index (χ0n) is 31.3. The molecule has 2 unspecified atom stereocenters. The van der Waals surface area contributed by atoms with Gasteiger partial charge in [0.25, 0.3) is 5.91 Å². The fraction of sp³-hybridized carbons (Fsp3) is 0.477. The fourth-order valence-electron chi connectivity index (χ4n) is 7.79. The minimum absolute atomic E-state index is 0.0290. The lowest BCUT2D eigenvalue weighted by Crippen LogP contribution is -2.53. The Kier molecular flexibility index (Phi) is 14.1. The van der Waals surface area contributed by atoms with Crippen molar-refractivity contribution in [3.05, 3.63) is 125 Å². The van der Waals surface area contributed by atoms with Gasteiger partial charge in [-0.1, -0.05) is 78.4 Å². The predicted molar refractivity (Wildman–Crippen MR) is 210 cm³/mol. The highest BCUT2D eigenvalue weighted by molar-refractivity contribution is 5.94. The summed E-state index contributed by atoms with van der Waals surface area (Å²) in [5, 5.41) is 14.5. The Hall–Kier alpha value is -3.79. The van der Waals surface area contributed by atoms with Gasteiger partial charge in [0.05, 0.1) is 6.61 Å². The molecule has 2 N–H and O–H groups in total. The molecule has 0 bridgehead atoms. The maximum absolute atomic E-state index is 13.2. The summed E-state index contributed by atoms with van der Waals surface area (Å²) in [5.74, 6) is 1.41.